The molecule has 1 aromatic carbocycles. The van der Waals surface area contributed by atoms with Gasteiger partial charge in [0.1, 0.15) is 23.1 Å². The highest BCUT2D eigenvalue weighted by molar-refractivity contribution is 6.04. The molecule has 4 aliphatic rings. The monoisotopic (exact) mass is 561 g/mol. The number of nitrogens with one attached hydrogen (secondary N) is 2. The second-order valence-corrected chi connectivity index (χ2v) is 12.8. The Morgan fingerprint density at radius 1 is 1.12 bits per heavy atom. The maximum atomic E-state index is 13.4. The van der Waals surface area contributed by atoms with E-state index in [1.165, 1.54) is 12.8 Å². The Kier molecular flexibility index (Phi) is 7.30. The molecule has 0 spiro atoms. The van der Waals surface area contributed by atoms with Crippen LogP contribution in [0.2, 0.25) is 0 Å². The van der Waals surface area contributed by atoms with Crippen molar-refractivity contribution in [2.24, 2.45) is 0 Å². The van der Waals surface area contributed by atoms with Gasteiger partial charge in [-0.25, -0.2) is 4.98 Å². The summed E-state index contributed by atoms with van der Waals surface area (Å²) in [5.74, 6) is 1.98. The summed E-state index contributed by atoms with van der Waals surface area (Å²) in [6.45, 7) is 8.13. The van der Waals surface area contributed by atoms with Crippen LogP contribution in [0.5, 0.6) is 5.75 Å². The second-order valence-electron chi connectivity index (χ2n) is 12.8. The Labute approximate surface area is 242 Å². The van der Waals surface area contributed by atoms with Crippen molar-refractivity contribution in [2.45, 2.75) is 95.9 Å². The van der Waals surface area contributed by atoms with Gasteiger partial charge < -0.3 is 30.1 Å². The number of fused-ring (bicyclic) bond motifs is 2. The van der Waals surface area contributed by atoms with Crippen molar-refractivity contribution in [3.8, 4) is 5.75 Å². The lowest BCUT2D eigenvalue weighted by molar-refractivity contribution is -0.120. The van der Waals surface area contributed by atoms with E-state index in [0.717, 1.165) is 67.9 Å². The second kappa shape index (κ2) is 10.8. The van der Waals surface area contributed by atoms with E-state index in [1.807, 2.05) is 33.0 Å². The zero-order chi connectivity index (χ0) is 28.9. The van der Waals surface area contributed by atoms with Crippen LogP contribution in [0.1, 0.15) is 81.6 Å². The van der Waals surface area contributed by atoms with E-state index in [2.05, 4.69) is 39.4 Å². The largest absolute Gasteiger partial charge is 0.485 e. The fourth-order valence-electron chi connectivity index (χ4n) is 6.95. The number of likely N-dealkylation sites (N-methyl/N-ethyl adjacent to an activating group) is 1. The third-order valence-electron chi connectivity index (χ3n) is 9.20. The van der Waals surface area contributed by atoms with Crippen LogP contribution in [0.3, 0.4) is 0 Å². The van der Waals surface area contributed by atoms with Crippen LogP contribution in [0.4, 0.5) is 23.1 Å². The van der Waals surface area contributed by atoms with Gasteiger partial charge in [0, 0.05) is 36.7 Å². The molecule has 0 radical (unpaired) electrons. The molecule has 1 aliphatic carbocycles. The van der Waals surface area contributed by atoms with Crippen molar-refractivity contribution in [2.75, 3.05) is 42.3 Å². The van der Waals surface area contributed by atoms with Crippen LogP contribution >= 0.6 is 0 Å². The first-order valence-electron chi connectivity index (χ1n) is 15.2. The Morgan fingerprint density at radius 3 is 2.56 bits per heavy atom. The third kappa shape index (κ3) is 5.22. The molecule has 2 aromatic rings. The first kappa shape index (κ1) is 27.8. The van der Waals surface area contributed by atoms with Gasteiger partial charge in [-0.2, -0.15) is 4.98 Å². The number of carbonyl (C=O) groups is 2. The lowest BCUT2D eigenvalue weighted by Crippen LogP contribution is -2.55. The number of amides is 2. The summed E-state index contributed by atoms with van der Waals surface area (Å²) < 4.78 is 6.41. The smallest absolute Gasteiger partial charge is 0.251 e. The highest BCUT2D eigenvalue weighted by atomic mass is 16.5. The fraction of sp³-hybridized carbons (Fsp3) is 0.613. The molecule has 41 heavy (non-hydrogen) atoms. The summed E-state index contributed by atoms with van der Waals surface area (Å²) in [5, 5.41) is 6.66. The van der Waals surface area contributed by atoms with Crippen LogP contribution in [0, 0.1) is 0 Å². The molecule has 0 unspecified atom stereocenters. The average molecular weight is 562 g/mol. The van der Waals surface area contributed by atoms with Gasteiger partial charge in [0.15, 0.2) is 5.82 Å². The molecule has 2 amide bonds. The predicted octanol–water partition coefficient (Wildman–Crippen LogP) is 4.26. The number of ether oxygens (including phenoxy) is 1. The summed E-state index contributed by atoms with van der Waals surface area (Å²) in [6.07, 6.45) is 9.50. The molecular weight excluding hydrogens is 518 g/mol. The normalized spacial score (nSPS) is 22.9. The number of likely N-dealkylation sites (tertiary alicyclic amines) is 1. The summed E-state index contributed by atoms with van der Waals surface area (Å²) in [7, 11) is 3.93. The average Bonchev–Trinajstić information content (AvgIpc) is 3.59. The zero-order valence-electron chi connectivity index (χ0n) is 25.0. The van der Waals surface area contributed by atoms with Crippen molar-refractivity contribution < 1.29 is 14.3 Å². The number of piperidine rings is 1. The van der Waals surface area contributed by atoms with E-state index >= 15 is 0 Å². The molecule has 10 heteroatoms. The number of benzene rings is 1. The number of hydrogen-bond acceptors (Lipinski definition) is 8. The summed E-state index contributed by atoms with van der Waals surface area (Å²) in [5.41, 5.74) is 2.62. The summed E-state index contributed by atoms with van der Waals surface area (Å²) in [6, 6.07) is 4.04. The molecule has 2 fully saturated rings. The van der Waals surface area contributed by atoms with Gasteiger partial charge in [-0.15, -0.1) is 0 Å². The Bertz CT molecular complexity index is 1330. The van der Waals surface area contributed by atoms with Crippen molar-refractivity contribution in [3.63, 3.8) is 0 Å². The summed E-state index contributed by atoms with van der Waals surface area (Å²) in [4.78, 5) is 42.5. The molecule has 1 saturated heterocycles. The van der Waals surface area contributed by atoms with Crippen LogP contribution in [-0.2, 0) is 11.2 Å². The number of anilines is 4. The van der Waals surface area contributed by atoms with Crippen LogP contribution in [-0.4, -0.2) is 77.6 Å². The number of carbonyl (C=O) groups excluding carboxylic acids is 2. The predicted molar refractivity (Wildman–Crippen MR) is 160 cm³/mol. The van der Waals surface area contributed by atoms with Gasteiger partial charge in [-0.1, -0.05) is 19.8 Å². The van der Waals surface area contributed by atoms with Gasteiger partial charge in [-0.05, 0) is 78.2 Å². The van der Waals surface area contributed by atoms with Crippen LogP contribution < -0.4 is 25.2 Å². The van der Waals surface area contributed by atoms with Crippen molar-refractivity contribution in [1.82, 2.24) is 20.2 Å². The number of aromatic nitrogens is 2. The molecule has 1 saturated carbocycles. The quantitative estimate of drug-likeness (QED) is 0.539. The van der Waals surface area contributed by atoms with Crippen LogP contribution in [0.25, 0.3) is 0 Å². The van der Waals surface area contributed by atoms with Crippen LogP contribution in [0.15, 0.2) is 18.3 Å². The SMILES string of the molecule is CC[C@@H]1C(=O)N(C)c2cnc(Nc3ccc(C(=O)NC4CCN(C)CC4)c4c3OC(C)(C)C4)nc2N1C1CCCC1. The first-order chi connectivity index (χ1) is 19.6. The highest BCUT2D eigenvalue weighted by Gasteiger charge is 2.41. The standard InChI is InChI=1S/C31H43N7O3/c1-6-24-29(40)37(5)25-18-32-30(35-27(25)38(24)20-9-7-8-10-20)34-23-12-11-21(22-17-31(2,3)41-26(22)23)28(39)33-19-13-15-36(4)16-14-19/h11-12,18-20,24H,6-10,13-17H2,1-5H3,(H,33,39)(H,32,34,35)/t24-/m1/s1. The van der Waals surface area contributed by atoms with E-state index in [4.69, 9.17) is 9.72 Å². The molecule has 220 valence electrons. The molecule has 2 N–H and O–H groups in total. The zero-order valence-corrected chi connectivity index (χ0v) is 25.0. The Morgan fingerprint density at radius 2 is 1.85 bits per heavy atom. The van der Waals surface area contributed by atoms with Gasteiger partial charge in [0.25, 0.3) is 5.91 Å². The maximum Gasteiger partial charge on any atom is 0.251 e. The molecular formula is C31H43N7O3. The highest BCUT2D eigenvalue weighted by Crippen LogP contribution is 2.44. The van der Waals surface area contributed by atoms with E-state index in [9.17, 15) is 9.59 Å². The molecule has 0 bridgehead atoms. The van der Waals surface area contributed by atoms with Gasteiger partial charge in [0.05, 0.1) is 11.9 Å². The lowest BCUT2D eigenvalue weighted by Gasteiger charge is -2.43. The van der Waals surface area contributed by atoms with E-state index in [1.54, 1.807) is 11.1 Å². The van der Waals surface area contributed by atoms with Crippen molar-refractivity contribution >= 4 is 35.0 Å². The topological polar surface area (TPSA) is 103 Å². The van der Waals surface area contributed by atoms with E-state index in [0.29, 0.717) is 29.7 Å². The number of nitrogens with zero attached hydrogens (tertiary/aromatic N) is 5. The molecule has 6 rings (SSSR count). The van der Waals surface area contributed by atoms with E-state index in [-0.39, 0.29) is 23.9 Å². The van der Waals surface area contributed by atoms with Gasteiger partial charge in [-0.3, -0.25) is 9.59 Å². The molecule has 4 heterocycles. The lowest BCUT2D eigenvalue weighted by atomic mass is 9.96. The van der Waals surface area contributed by atoms with Gasteiger partial charge >= 0.3 is 0 Å². The number of rotatable bonds is 6. The molecule has 1 aromatic heterocycles. The van der Waals surface area contributed by atoms with Gasteiger partial charge in [0.2, 0.25) is 11.9 Å². The molecule has 10 nitrogen and oxygen atoms in total. The number of hydrogen-bond donors (Lipinski definition) is 2. The molecule has 1 atom stereocenters. The minimum absolute atomic E-state index is 0.0424. The van der Waals surface area contributed by atoms with Crippen molar-refractivity contribution in [3.05, 3.63) is 29.5 Å². The Balaban J connectivity index is 1.30. The first-order valence-corrected chi connectivity index (χ1v) is 15.2. The molecule has 3 aliphatic heterocycles. The van der Waals surface area contributed by atoms with E-state index < -0.39 is 5.60 Å². The minimum Gasteiger partial charge on any atom is -0.485 e. The summed E-state index contributed by atoms with van der Waals surface area (Å²) >= 11 is 0. The third-order valence-corrected chi connectivity index (χ3v) is 9.20. The maximum absolute atomic E-state index is 13.4. The fourth-order valence-corrected chi connectivity index (χ4v) is 6.95. The minimum atomic E-state index is -0.434. The Hall–Kier alpha value is -3.40. The van der Waals surface area contributed by atoms with Crippen molar-refractivity contribution in [1.29, 1.82) is 0 Å².